The monoisotopic (exact) mass is 414 g/mol. The van der Waals surface area contributed by atoms with Gasteiger partial charge in [-0.25, -0.2) is 4.39 Å². The molecule has 0 aliphatic carbocycles. The average molecular weight is 415 g/mol. The molecule has 0 spiro atoms. The van der Waals surface area contributed by atoms with Crippen molar-refractivity contribution in [3.8, 4) is 0 Å². The number of halogens is 6. The van der Waals surface area contributed by atoms with Gasteiger partial charge in [-0.05, 0) is 29.8 Å². The maximum Gasteiger partial charge on any atom is 0.416 e. The summed E-state index contributed by atoms with van der Waals surface area (Å²) in [5.74, 6) is -0.894. The average Bonchev–Trinajstić information content (AvgIpc) is 2.95. The van der Waals surface area contributed by atoms with Gasteiger partial charge < -0.3 is 5.32 Å². The third-order valence-electron chi connectivity index (χ3n) is 4.00. The van der Waals surface area contributed by atoms with E-state index in [0.29, 0.717) is 36.6 Å². The van der Waals surface area contributed by atoms with Crippen LogP contribution in [0, 0.1) is 5.82 Å². The number of hydrogen-bond acceptors (Lipinski definition) is 3. The zero-order valence-electron chi connectivity index (χ0n) is 12.9. The Bertz CT molecular complexity index is 714. The highest BCUT2D eigenvalue weighted by Crippen LogP contribution is 2.41. The minimum Gasteiger partial charge on any atom is -0.314 e. The van der Waals surface area contributed by atoms with Crippen molar-refractivity contribution < 1.29 is 17.6 Å². The van der Waals surface area contributed by atoms with Crippen LogP contribution in [-0.2, 0) is 6.18 Å². The molecular formula is C16H16Cl2F4N2S. The molecule has 0 radical (unpaired) electrons. The highest BCUT2D eigenvalue weighted by molar-refractivity contribution is 7.16. The van der Waals surface area contributed by atoms with Crippen molar-refractivity contribution in [1.82, 2.24) is 10.2 Å². The maximum absolute atomic E-state index is 13.5. The molecule has 2 nitrogen and oxygen atoms in total. The molecule has 0 amide bonds. The Hall–Kier alpha value is -0.860. The fraction of sp³-hybridized carbons (Fsp3) is 0.375. The zero-order valence-corrected chi connectivity index (χ0v) is 15.3. The summed E-state index contributed by atoms with van der Waals surface area (Å²) < 4.78 is 54.3. The maximum atomic E-state index is 13.5. The van der Waals surface area contributed by atoms with Crippen LogP contribution in [0.1, 0.15) is 22.0 Å². The largest absolute Gasteiger partial charge is 0.416 e. The molecule has 0 bridgehead atoms. The SMILES string of the molecule is Cl.Fc1ccc([C@@H](c2ccc(Cl)s2)N2CCNCC2)c(C(F)(F)F)c1. The summed E-state index contributed by atoms with van der Waals surface area (Å²) in [5, 5.41) is 3.19. The number of benzene rings is 1. The highest BCUT2D eigenvalue weighted by Gasteiger charge is 2.38. The van der Waals surface area contributed by atoms with Gasteiger partial charge >= 0.3 is 6.18 Å². The molecule has 1 N–H and O–H groups in total. The third-order valence-corrected chi connectivity index (χ3v) is 5.28. The van der Waals surface area contributed by atoms with Gasteiger partial charge in [0.1, 0.15) is 5.82 Å². The second-order valence-electron chi connectivity index (χ2n) is 5.56. The first-order chi connectivity index (χ1) is 11.4. The lowest BCUT2D eigenvalue weighted by Crippen LogP contribution is -2.45. The summed E-state index contributed by atoms with van der Waals surface area (Å²) in [7, 11) is 0. The molecule has 1 aliphatic heterocycles. The van der Waals surface area contributed by atoms with E-state index in [0.717, 1.165) is 10.9 Å². The molecule has 1 aliphatic rings. The lowest BCUT2D eigenvalue weighted by Gasteiger charge is -2.35. The normalized spacial score (nSPS) is 17.2. The fourth-order valence-electron chi connectivity index (χ4n) is 2.96. The van der Waals surface area contributed by atoms with E-state index in [1.54, 1.807) is 12.1 Å². The van der Waals surface area contributed by atoms with Gasteiger partial charge in [0, 0.05) is 31.1 Å². The van der Waals surface area contributed by atoms with Gasteiger partial charge in [0.15, 0.2) is 0 Å². The quantitative estimate of drug-likeness (QED) is 0.712. The highest BCUT2D eigenvalue weighted by atomic mass is 35.5. The van der Waals surface area contributed by atoms with E-state index < -0.39 is 23.6 Å². The van der Waals surface area contributed by atoms with Crippen LogP contribution in [0.25, 0.3) is 0 Å². The number of hydrogen-bond donors (Lipinski definition) is 1. The first-order valence-corrected chi connectivity index (χ1v) is 8.62. The van der Waals surface area contributed by atoms with Crippen LogP contribution >= 0.6 is 35.3 Å². The van der Waals surface area contributed by atoms with E-state index >= 15 is 0 Å². The van der Waals surface area contributed by atoms with Crippen molar-refractivity contribution in [3.05, 3.63) is 56.5 Å². The van der Waals surface area contributed by atoms with E-state index in [1.165, 1.54) is 17.4 Å². The standard InChI is InChI=1S/C16H15ClF4N2S.ClH/c17-14-4-3-13(24-14)15(23-7-5-22-6-8-23)11-2-1-10(18)9-12(11)16(19,20)21;/h1-4,9,15,22H,5-8H2;1H/t15-;/m0./s1. The lowest BCUT2D eigenvalue weighted by molar-refractivity contribution is -0.138. The molecular weight excluding hydrogens is 399 g/mol. The minimum atomic E-state index is -4.62. The van der Waals surface area contributed by atoms with Crippen LogP contribution in [0.4, 0.5) is 17.6 Å². The molecule has 1 atom stereocenters. The van der Waals surface area contributed by atoms with Crippen LogP contribution in [0.3, 0.4) is 0 Å². The Balaban J connectivity index is 0.00000225. The summed E-state index contributed by atoms with van der Waals surface area (Å²) in [6.45, 7) is 2.60. The van der Waals surface area contributed by atoms with Gasteiger partial charge in [0.2, 0.25) is 0 Å². The molecule has 1 aromatic heterocycles. The number of rotatable bonds is 3. The van der Waals surface area contributed by atoms with Gasteiger partial charge in [-0.3, -0.25) is 4.90 Å². The smallest absolute Gasteiger partial charge is 0.314 e. The number of thiophene rings is 1. The Morgan fingerprint density at radius 1 is 1.12 bits per heavy atom. The van der Waals surface area contributed by atoms with Crippen molar-refractivity contribution in [2.24, 2.45) is 0 Å². The zero-order chi connectivity index (χ0) is 17.3. The van der Waals surface area contributed by atoms with Gasteiger partial charge in [-0.1, -0.05) is 17.7 Å². The van der Waals surface area contributed by atoms with Crippen molar-refractivity contribution in [1.29, 1.82) is 0 Å². The van der Waals surface area contributed by atoms with Crippen LogP contribution < -0.4 is 5.32 Å². The molecule has 2 aromatic rings. The second kappa shape index (κ2) is 8.22. The van der Waals surface area contributed by atoms with Crippen LogP contribution in [0.2, 0.25) is 4.34 Å². The number of alkyl halides is 3. The molecule has 0 saturated carbocycles. The molecule has 0 unspecified atom stereocenters. The molecule has 138 valence electrons. The molecule has 2 heterocycles. The summed E-state index contributed by atoms with van der Waals surface area (Å²) >= 11 is 7.24. The number of nitrogens with one attached hydrogen (secondary N) is 1. The number of nitrogens with zero attached hydrogens (tertiary/aromatic N) is 1. The predicted octanol–water partition coefficient (Wildman–Crippen LogP) is 4.98. The van der Waals surface area contributed by atoms with Gasteiger partial charge in [0.25, 0.3) is 0 Å². The minimum absolute atomic E-state index is 0. The molecule has 3 rings (SSSR count). The molecule has 25 heavy (non-hydrogen) atoms. The molecule has 9 heteroatoms. The van der Waals surface area contributed by atoms with Crippen LogP contribution in [0.15, 0.2) is 30.3 Å². The first kappa shape index (κ1) is 20.5. The van der Waals surface area contributed by atoms with E-state index in [1.807, 2.05) is 4.90 Å². The first-order valence-electron chi connectivity index (χ1n) is 7.43. The Morgan fingerprint density at radius 2 is 1.80 bits per heavy atom. The number of piperazine rings is 1. The molecule has 1 aromatic carbocycles. The van der Waals surface area contributed by atoms with E-state index in [4.69, 9.17) is 11.6 Å². The summed E-state index contributed by atoms with van der Waals surface area (Å²) in [6.07, 6.45) is -4.62. The molecule has 1 saturated heterocycles. The van der Waals surface area contributed by atoms with E-state index in [9.17, 15) is 17.6 Å². The van der Waals surface area contributed by atoms with Gasteiger partial charge in [0.05, 0.1) is 15.9 Å². The van der Waals surface area contributed by atoms with E-state index in [-0.39, 0.29) is 18.0 Å². The summed E-state index contributed by atoms with van der Waals surface area (Å²) in [4.78, 5) is 2.69. The van der Waals surface area contributed by atoms with Crippen molar-refractivity contribution in [3.63, 3.8) is 0 Å². The topological polar surface area (TPSA) is 15.3 Å². The van der Waals surface area contributed by atoms with Gasteiger partial charge in [-0.15, -0.1) is 23.7 Å². The Labute approximate surface area is 158 Å². The Kier molecular flexibility index (Phi) is 6.73. The molecule has 1 fully saturated rings. The lowest BCUT2D eigenvalue weighted by atomic mass is 9.96. The van der Waals surface area contributed by atoms with Crippen LogP contribution in [0.5, 0.6) is 0 Å². The fourth-order valence-corrected chi connectivity index (χ4v) is 4.17. The van der Waals surface area contributed by atoms with Crippen molar-refractivity contribution >= 4 is 35.3 Å². The van der Waals surface area contributed by atoms with Crippen molar-refractivity contribution in [2.45, 2.75) is 12.2 Å². The van der Waals surface area contributed by atoms with Crippen molar-refractivity contribution in [2.75, 3.05) is 26.2 Å². The van der Waals surface area contributed by atoms with E-state index in [2.05, 4.69) is 5.32 Å². The Morgan fingerprint density at radius 3 is 2.36 bits per heavy atom. The summed E-state index contributed by atoms with van der Waals surface area (Å²) in [5.41, 5.74) is -0.875. The second-order valence-corrected chi connectivity index (χ2v) is 7.31. The predicted molar refractivity (Wildman–Crippen MR) is 94.3 cm³/mol. The van der Waals surface area contributed by atoms with Gasteiger partial charge in [-0.2, -0.15) is 13.2 Å². The van der Waals surface area contributed by atoms with Crippen LogP contribution in [-0.4, -0.2) is 31.1 Å². The summed E-state index contributed by atoms with van der Waals surface area (Å²) in [6, 6.07) is 5.70. The third kappa shape index (κ3) is 4.65.